The van der Waals surface area contributed by atoms with E-state index in [-0.39, 0.29) is 6.42 Å². The molecular formula is C7H9ClN2O2. The summed E-state index contributed by atoms with van der Waals surface area (Å²) in [7, 11) is 0. The fourth-order valence-electron chi connectivity index (χ4n) is 0.851. The summed E-state index contributed by atoms with van der Waals surface area (Å²) in [6.45, 7) is 2.17. The summed E-state index contributed by atoms with van der Waals surface area (Å²) in [6, 6.07) is 0. The zero-order valence-corrected chi connectivity index (χ0v) is 7.38. The summed E-state index contributed by atoms with van der Waals surface area (Å²) in [5, 5.41) is 12.9. The quantitative estimate of drug-likeness (QED) is 0.779. The van der Waals surface area contributed by atoms with Gasteiger partial charge < -0.3 is 5.11 Å². The topological polar surface area (TPSA) is 55.1 Å². The van der Waals surface area contributed by atoms with Crippen LogP contribution < -0.4 is 0 Å². The van der Waals surface area contributed by atoms with E-state index in [1.807, 2.05) is 0 Å². The van der Waals surface area contributed by atoms with Gasteiger partial charge in [-0.15, -0.1) is 0 Å². The molecule has 0 unspecified atom stereocenters. The minimum Gasteiger partial charge on any atom is -0.481 e. The predicted molar refractivity (Wildman–Crippen MR) is 44.2 cm³/mol. The van der Waals surface area contributed by atoms with Gasteiger partial charge in [0.25, 0.3) is 0 Å². The van der Waals surface area contributed by atoms with Crippen molar-refractivity contribution >= 4 is 17.6 Å². The Morgan fingerprint density at radius 2 is 2.50 bits per heavy atom. The predicted octanol–water partition coefficient (Wildman–Crippen LogP) is 1.32. The number of hydrogen-bond donors (Lipinski definition) is 1. The molecule has 0 aliphatic carbocycles. The van der Waals surface area contributed by atoms with Gasteiger partial charge in [0, 0.05) is 0 Å². The van der Waals surface area contributed by atoms with Crippen LogP contribution in [0.25, 0.3) is 0 Å². The molecule has 1 heterocycles. The standard InChI is InChI=1S/C7H9ClN2O2/c1-5-6(8)4-9-10(5)3-2-7(11)12/h4H,2-3H2,1H3,(H,11,12). The summed E-state index contributed by atoms with van der Waals surface area (Å²) >= 11 is 5.71. The lowest BCUT2D eigenvalue weighted by molar-refractivity contribution is -0.137. The molecule has 0 amide bonds. The van der Waals surface area contributed by atoms with Gasteiger partial charge in [-0.3, -0.25) is 9.48 Å². The highest BCUT2D eigenvalue weighted by molar-refractivity contribution is 6.31. The van der Waals surface area contributed by atoms with E-state index < -0.39 is 5.97 Å². The first-order valence-electron chi connectivity index (χ1n) is 3.51. The Balaban J connectivity index is 2.63. The number of nitrogens with zero attached hydrogens (tertiary/aromatic N) is 2. The average molecular weight is 189 g/mol. The summed E-state index contributed by atoms with van der Waals surface area (Å²) in [5.74, 6) is -0.832. The Labute approximate surface area is 74.8 Å². The van der Waals surface area contributed by atoms with E-state index in [9.17, 15) is 4.79 Å². The molecule has 0 aliphatic heterocycles. The van der Waals surface area contributed by atoms with Crippen LogP contribution in [0.5, 0.6) is 0 Å². The number of carbonyl (C=O) groups is 1. The molecule has 1 rings (SSSR count). The zero-order valence-electron chi connectivity index (χ0n) is 6.62. The van der Waals surface area contributed by atoms with Crippen LogP contribution >= 0.6 is 11.6 Å². The van der Waals surface area contributed by atoms with Crippen molar-refractivity contribution in [2.24, 2.45) is 0 Å². The number of aliphatic carboxylic acids is 1. The monoisotopic (exact) mass is 188 g/mol. The lowest BCUT2D eigenvalue weighted by Crippen LogP contribution is -2.07. The average Bonchev–Trinajstić information content (AvgIpc) is 2.30. The number of aromatic nitrogens is 2. The van der Waals surface area contributed by atoms with Crippen molar-refractivity contribution in [2.75, 3.05) is 0 Å². The molecule has 66 valence electrons. The van der Waals surface area contributed by atoms with Crippen LogP contribution in [0.3, 0.4) is 0 Å². The summed E-state index contributed by atoms with van der Waals surface area (Å²) < 4.78 is 1.58. The molecule has 0 aliphatic rings. The van der Waals surface area contributed by atoms with E-state index in [2.05, 4.69) is 5.10 Å². The molecule has 1 aromatic rings. The molecular weight excluding hydrogens is 180 g/mol. The Bertz CT molecular complexity index is 296. The van der Waals surface area contributed by atoms with Crippen LogP contribution in [0.15, 0.2) is 6.20 Å². The number of carboxylic acids is 1. The number of halogens is 1. The van der Waals surface area contributed by atoms with E-state index in [4.69, 9.17) is 16.7 Å². The van der Waals surface area contributed by atoms with E-state index in [0.717, 1.165) is 5.69 Å². The maximum Gasteiger partial charge on any atom is 0.305 e. The Morgan fingerprint density at radius 1 is 1.83 bits per heavy atom. The van der Waals surface area contributed by atoms with Gasteiger partial charge in [-0.05, 0) is 6.92 Å². The molecule has 0 spiro atoms. The third-order valence-electron chi connectivity index (χ3n) is 1.58. The molecule has 12 heavy (non-hydrogen) atoms. The highest BCUT2D eigenvalue weighted by atomic mass is 35.5. The first-order chi connectivity index (χ1) is 5.61. The van der Waals surface area contributed by atoms with Gasteiger partial charge in [-0.2, -0.15) is 5.10 Å². The zero-order chi connectivity index (χ0) is 9.14. The smallest absolute Gasteiger partial charge is 0.305 e. The Morgan fingerprint density at radius 3 is 2.92 bits per heavy atom. The van der Waals surface area contributed by atoms with E-state index >= 15 is 0 Å². The van der Waals surface area contributed by atoms with Gasteiger partial charge in [-0.25, -0.2) is 0 Å². The van der Waals surface area contributed by atoms with E-state index in [0.29, 0.717) is 11.6 Å². The molecule has 0 bridgehead atoms. The van der Waals surface area contributed by atoms with Crippen LogP contribution in [-0.4, -0.2) is 20.9 Å². The molecule has 4 nitrogen and oxygen atoms in total. The number of hydrogen-bond acceptors (Lipinski definition) is 2. The van der Waals surface area contributed by atoms with Crippen molar-refractivity contribution < 1.29 is 9.90 Å². The number of rotatable bonds is 3. The van der Waals surface area contributed by atoms with Crippen LogP contribution in [0, 0.1) is 6.92 Å². The van der Waals surface area contributed by atoms with Crippen LogP contribution in [0.1, 0.15) is 12.1 Å². The Kier molecular flexibility index (Phi) is 2.70. The van der Waals surface area contributed by atoms with E-state index in [1.54, 1.807) is 11.6 Å². The molecule has 0 atom stereocenters. The Hall–Kier alpha value is -1.03. The number of carboxylic acid groups (broad SMARTS) is 1. The van der Waals surface area contributed by atoms with Crippen LogP contribution in [0.2, 0.25) is 5.02 Å². The minimum absolute atomic E-state index is 0.0683. The van der Waals surface area contributed by atoms with Crippen molar-refractivity contribution in [3.8, 4) is 0 Å². The van der Waals surface area contributed by atoms with Gasteiger partial charge in [0.2, 0.25) is 0 Å². The molecule has 0 fully saturated rings. The normalized spacial score (nSPS) is 10.2. The second-order valence-electron chi connectivity index (χ2n) is 2.44. The maximum atomic E-state index is 10.2. The van der Waals surface area contributed by atoms with Gasteiger partial charge in [0.1, 0.15) is 0 Å². The van der Waals surface area contributed by atoms with Gasteiger partial charge in [-0.1, -0.05) is 11.6 Å². The molecule has 1 aromatic heterocycles. The molecule has 0 saturated heterocycles. The summed E-state index contributed by atoms with van der Waals surface area (Å²) in [5.41, 5.74) is 0.804. The van der Waals surface area contributed by atoms with Crippen LogP contribution in [-0.2, 0) is 11.3 Å². The van der Waals surface area contributed by atoms with Gasteiger partial charge in [0.15, 0.2) is 0 Å². The van der Waals surface area contributed by atoms with Crippen LogP contribution in [0.4, 0.5) is 0 Å². The molecule has 1 N–H and O–H groups in total. The molecule has 0 radical (unpaired) electrons. The maximum absolute atomic E-state index is 10.2. The second-order valence-corrected chi connectivity index (χ2v) is 2.85. The third-order valence-corrected chi connectivity index (χ3v) is 1.95. The first-order valence-corrected chi connectivity index (χ1v) is 3.88. The summed E-state index contributed by atoms with van der Waals surface area (Å²) in [4.78, 5) is 10.2. The van der Waals surface area contributed by atoms with E-state index in [1.165, 1.54) is 6.20 Å². The van der Waals surface area contributed by atoms with Crippen molar-refractivity contribution in [2.45, 2.75) is 19.9 Å². The SMILES string of the molecule is Cc1c(Cl)cnn1CCC(=O)O. The van der Waals surface area contributed by atoms with Crippen molar-refractivity contribution in [1.82, 2.24) is 9.78 Å². The molecule has 0 saturated carbocycles. The lowest BCUT2D eigenvalue weighted by Gasteiger charge is -2.00. The number of aryl methyl sites for hydroxylation is 1. The first kappa shape index (κ1) is 9.06. The second kappa shape index (κ2) is 3.58. The third kappa shape index (κ3) is 1.98. The lowest BCUT2D eigenvalue weighted by atomic mass is 10.4. The largest absolute Gasteiger partial charge is 0.481 e. The fourth-order valence-corrected chi connectivity index (χ4v) is 0.992. The van der Waals surface area contributed by atoms with Crippen molar-refractivity contribution in [1.29, 1.82) is 0 Å². The van der Waals surface area contributed by atoms with Gasteiger partial charge in [0.05, 0.1) is 29.9 Å². The van der Waals surface area contributed by atoms with Gasteiger partial charge >= 0.3 is 5.97 Å². The summed E-state index contributed by atoms with van der Waals surface area (Å²) in [6.07, 6.45) is 1.58. The highest BCUT2D eigenvalue weighted by Gasteiger charge is 2.04. The van der Waals surface area contributed by atoms with Crippen molar-refractivity contribution in [3.05, 3.63) is 16.9 Å². The molecule has 0 aromatic carbocycles. The minimum atomic E-state index is -0.832. The van der Waals surface area contributed by atoms with Crippen molar-refractivity contribution in [3.63, 3.8) is 0 Å². The highest BCUT2D eigenvalue weighted by Crippen LogP contribution is 2.13. The molecule has 5 heteroatoms. The fraction of sp³-hybridized carbons (Fsp3) is 0.429.